The lowest BCUT2D eigenvalue weighted by molar-refractivity contribution is 0.615. The summed E-state index contributed by atoms with van der Waals surface area (Å²) >= 11 is 0. The number of hydrogen-bond donors (Lipinski definition) is 1. The molecule has 2 aromatic carbocycles. The van der Waals surface area contributed by atoms with Crippen molar-refractivity contribution in [2.24, 2.45) is 5.10 Å². The van der Waals surface area contributed by atoms with Crippen LogP contribution in [0.2, 0.25) is 0 Å². The highest BCUT2D eigenvalue weighted by Gasteiger charge is 2.09. The number of aryl methyl sites for hydroxylation is 5. The van der Waals surface area contributed by atoms with Crippen LogP contribution in [0.15, 0.2) is 58.0 Å². The lowest BCUT2D eigenvalue weighted by Crippen LogP contribution is -2.10. The van der Waals surface area contributed by atoms with E-state index in [-0.39, 0.29) is 0 Å². The molecule has 0 amide bonds. The van der Waals surface area contributed by atoms with Gasteiger partial charge in [0, 0.05) is 28.4 Å². The second-order valence-electron chi connectivity index (χ2n) is 7.52. The maximum absolute atomic E-state index is 6.29. The highest BCUT2D eigenvalue weighted by Crippen LogP contribution is 2.25. The first-order valence-corrected chi connectivity index (χ1v) is 9.63. The van der Waals surface area contributed by atoms with Gasteiger partial charge in [-0.15, -0.1) is 0 Å². The summed E-state index contributed by atoms with van der Waals surface area (Å²) in [6.45, 7) is 10.1. The molecule has 0 fully saturated rings. The second kappa shape index (κ2) is 7.51. The van der Waals surface area contributed by atoms with E-state index >= 15 is 0 Å². The predicted molar refractivity (Wildman–Crippen MR) is 117 cm³/mol. The summed E-state index contributed by atoms with van der Waals surface area (Å²) in [6.07, 6.45) is 0. The molecular weight excluding hydrogens is 360 g/mol. The lowest BCUT2D eigenvalue weighted by atomic mass is 10.1. The minimum absolute atomic E-state index is 0.484. The number of rotatable bonds is 3. The van der Waals surface area contributed by atoms with E-state index in [1.54, 1.807) is 0 Å². The van der Waals surface area contributed by atoms with Crippen molar-refractivity contribution in [3.05, 3.63) is 82.0 Å². The number of nitrogens with zero attached hydrogens (tertiary/aromatic N) is 3. The maximum atomic E-state index is 6.29. The average Bonchev–Trinajstić information content (AvgIpc) is 2.66. The van der Waals surface area contributed by atoms with Crippen molar-refractivity contribution in [1.29, 1.82) is 0 Å². The maximum Gasteiger partial charge on any atom is 0.243 e. The van der Waals surface area contributed by atoms with E-state index in [0.29, 0.717) is 5.95 Å². The lowest BCUT2D eigenvalue weighted by Gasteiger charge is -2.09. The normalized spacial score (nSPS) is 11.8. The summed E-state index contributed by atoms with van der Waals surface area (Å²) < 4.78 is 6.29. The molecule has 0 saturated carbocycles. The Kier molecular flexibility index (Phi) is 4.89. The number of anilines is 1. The summed E-state index contributed by atoms with van der Waals surface area (Å²) in [7, 11) is 0. The van der Waals surface area contributed by atoms with Crippen molar-refractivity contribution in [1.82, 2.24) is 9.97 Å². The predicted octanol–water partition coefficient (Wildman–Crippen LogP) is 5.36. The second-order valence-corrected chi connectivity index (χ2v) is 7.52. The van der Waals surface area contributed by atoms with Crippen LogP contribution in [0.5, 0.6) is 0 Å². The minimum atomic E-state index is 0.484. The van der Waals surface area contributed by atoms with Gasteiger partial charge in [-0.25, -0.2) is 15.4 Å². The fourth-order valence-corrected chi connectivity index (χ4v) is 3.46. The molecule has 146 valence electrons. The standard InChI is InChI=1S/C24H24N4O/c1-14-6-8-19(9-7-14)22-13-21(20-11-15(2)10-16(3)23(20)29-22)27-28-24-25-17(4)12-18(5)26-24/h6-13H,1-5H3,(H,25,26,28)/b27-21+. The molecule has 1 N–H and O–H groups in total. The summed E-state index contributed by atoms with van der Waals surface area (Å²) in [5.74, 6) is 1.25. The van der Waals surface area contributed by atoms with E-state index in [2.05, 4.69) is 77.7 Å². The third kappa shape index (κ3) is 4.04. The Hall–Kier alpha value is -3.47. The van der Waals surface area contributed by atoms with Gasteiger partial charge in [-0.3, -0.25) is 0 Å². The van der Waals surface area contributed by atoms with E-state index in [0.717, 1.165) is 50.2 Å². The van der Waals surface area contributed by atoms with Crippen molar-refractivity contribution in [3.63, 3.8) is 0 Å². The van der Waals surface area contributed by atoms with Crippen molar-refractivity contribution in [2.75, 3.05) is 5.43 Å². The molecule has 4 rings (SSSR count). The molecule has 5 nitrogen and oxygen atoms in total. The molecule has 4 aromatic rings. The monoisotopic (exact) mass is 384 g/mol. The zero-order chi connectivity index (χ0) is 20.5. The molecule has 0 unspecified atom stereocenters. The van der Waals surface area contributed by atoms with Crippen molar-refractivity contribution in [3.8, 4) is 11.3 Å². The largest absolute Gasteiger partial charge is 0.456 e. The van der Waals surface area contributed by atoms with Gasteiger partial charge in [0.2, 0.25) is 5.95 Å². The summed E-state index contributed by atoms with van der Waals surface area (Å²) in [5.41, 5.74) is 10.1. The van der Waals surface area contributed by atoms with Crippen LogP contribution >= 0.6 is 0 Å². The first-order valence-electron chi connectivity index (χ1n) is 9.63. The highest BCUT2D eigenvalue weighted by molar-refractivity contribution is 5.82. The number of benzene rings is 2. The number of nitrogens with one attached hydrogen (secondary N) is 1. The van der Waals surface area contributed by atoms with Crippen LogP contribution in [-0.4, -0.2) is 9.97 Å². The van der Waals surface area contributed by atoms with Crippen molar-refractivity contribution in [2.45, 2.75) is 34.6 Å². The molecule has 0 spiro atoms. The molecule has 0 aliphatic carbocycles. The van der Waals surface area contributed by atoms with Gasteiger partial charge in [0.25, 0.3) is 0 Å². The van der Waals surface area contributed by atoms with E-state index in [4.69, 9.17) is 4.42 Å². The van der Waals surface area contributed by atoms with Crippen LogP contribution < -0.4 is 10.8 Å². The van der Waals surface area contributed by atoms with E-state index < -0.39 is 0 Å². The van der Waals surface area contributed by atoms with Crippen LogP contribution in [0, 0.1) is 34.6 Å². The molecule has 5 heteroatoms. The average molecular weight is 384 g/mol. The number of fused-ring (bicyclic) bond motifs is 1. The van der Waals surface area contributed by atoms with Gasteiger partial charge in [0.15, 0.2) is 0 Å². The topological polar surface area (TPSA) is 63.3 Å². The fraction of sp³-hybridized carbons (Fsp3) is 0.208. The van der Waals surface area contributed by atoms with Gasteiger partial charge >= 0.3 is 0 Å². The third-order valence-corrected chi connectivity index (χ3v) is 4.77. The summed E-state index contributed by atoms with van der Waals surface area (Å²) in [6, 6.07) is 16.4. The van der Waals surface area contributed by atoms with Gasteiger partial charge in [0.05, 0.1) is 5.36 Å². The molecule has 2 heterocycles. The van der Waals surface area contributed by atoms with Gasteiger partial charge in [-0.05, 0) is 57.9 Å². The molecule has 0 aliphatic heterocycles. The van der Waals surface area contributed by atoms with Crippen molar-refractivity contribution >= 4 is 16.9 Å². The summed E-state index contributed by atoms with van der Waals surface area (Å²) in [4.78, 5) is 8.83. The van der Waals surface area contributed by atoms with Crippen LogP contribution in [0.3, 0.4) is 0 Å². The molecule has 0 saturated heterocycles. The number of aromatic nitrogens is 2. The highest BCUT2D eigenvalue weighted by atomic mass is 16.3. The first kappa shape index (κ1) is 18.9. The Morgan fingerprint density at radius 3 is 2.17 bits per heavy atom. The molecule has 0 atom stereocenters. The molecule has 0 aliphatic rings. The fourth-order valence-electron chi connectivity index (χ4n) is 3.46. The molecular formula is C24H24N4O. The Balaban J connectivity index is 1.91. The SMILES string of the molecule is Cc1ccc(-c2c/c(=N\Nc3nc(C)cc(C)n3)c3cc(C)cc(C)c3o2)cc1. The zero-order valence-electron chi connectivity index (χ0n) is 17.4. The van der Waals surface area contributed by atoms with Crippen LogP contribution in [0.1, 0.15) is 28.1 Å². The smallest absolute Gasteiger partial charge is 0.243 e. The van der Waals surface area contributed by atoms with E-state index in [1.165, 1.54) is 5.56 Å². The quantitative estimate of drug-likeness (QED) is 0.483. The molecule has 0 radical (unpaired) electrons. The van der Waals surface area contributed by atoms with Crippen LogP contribution in [-0.2, 0) is 0 Å². The molecule has 29 heavy (non-hydrogen) atoms. The Bertz CT molecular complexity index is 1250. The van der Waals surface area contributed by atoms with Gasteiger partial charge in [-0.1, -0.05) is 35.9 Å². The molecule has 0 bridgehead atoms. The van der Waals surface area contributed by atoms with Gasteiger partial charge in [-0.2, -0.15) is 5.10 Å². The minimum Gasteiger partial charge on any atom is -0.456 e. The summed E-state index contributed by atoms with van der Waals surface area (Å²) in [5, 5.41) is 6.38. The van der Waals surface area contributed by atoms with Crippen LogP contribution in [0.25, 0.3) is 22.3 Å². The van der Waals surface area contributed by atoms with Crippen molar-refractivity contribution < 1.29 is 4.42 Å². The first-order chi connectivity index (χ1) is 13.9. The van der Waals surface area contributed by atoms with Crippen LogP contribution in [0.4, 0.5) is 5.95 Å². The Labute approximate surface area is 170 Å². The van der Waals surface area contributed by atoms with Gasteiger partial charge < -0.3 is 4.42 Å². The van der Waals surface area contributed by atoms with Gasteiger partial charge in [0.1, 0.15) is 11.3 Å². The number of hydrogen-bond acceptors (Lipinski definition) is 5. The van der Waals surface area contributed by atoms with E-state index in [1.807, 2.05) is 26.0 Å². The van der Waals surface area contributed by atoms with E-state index in [9.17, 15) is 0 Å². The Morgan fingerprint density at radius 1 is 0.793 bits per heavy atom. The zero-order valence-corrected chi connectivity index (χ0v) is 17.4. The third-order valence-electron chi connectivity index (χ3n) is 4.77. The molecule has 2 aromatic heterocycles. The Morgan fingerprint density at radius 2 is 1.48 bits per heavy atom.